The topological polar surface area (TPSA) is 79.3 Å². The maximum atomic E-state index is 13.3. The second-order valence-electron chi connectivity index (χ2n) is 6.46. The molecule has 4 rings (SSSR count). The van der Waals surface area contributed by atoms with E-state index in [9.17, 15) is 9.50 Å². The van der Waals surface area contributed by atoms with Crippen LogP contribution in [0.4, 0.5) is 21.6 Å². The molecule has 8 heteroatoms. The van der Waals surface area contributed by atoms with Crippen LogP contribution in [-0.4, -0.2) is 27.7 Å². The molecule has 3 N–H and O–H groups in total. The second-order valence-corrected chi connectivity index (χ2v) is 6.87. The molecule has 0 fully saturated rings. The number of halogens is 2. The molecule has 1 unspecified atom stereocenters. The van der Waals surface area contributed by atoms with Gasteiger partial charge in [0.25, 0.3) is 0 Å². The van der Waals surface area contributed by atoms with Gasteiger partial charge in [-0.1, -0.05) is 23.7 Å². The summed E-state index contributed by atoms with van der Waals surface area (Å²) in [6.45, 7) is 0.245. The van der Waals surface area contributed by atoms with Crippen molar-refractivity contribution in [2.75, 3.05) is 17.2 Å². The van der Waals surface area contributed by atoms with E-state index in [2.05, 4.69) is 20.6 Å². The number of fused-ring (bicyclic) bond motifs is 1. The summed E-state index contributed by atoms with van der Waals surface area (Å²) in [6, 6.07) is 11.5. The molecule has 1 aliphatic heterocycles. The Kier molecular flexibility index (Phi) is 5.27. The highest BCUT2D eigenvalue weighted by Gasteiger charge is 2.24. The maximum absolute atomic E-state index is 13.3. The quantitative estimate of drug-likeness (QED) is 0.582. The van der Waals surface area contributed by atoms with Crippen molar-refractivity contribution in [3.63, 3.8) is 0 Å². The van der Waals surface area contributed by atoms with E-state index < -0.39 is 0 Å². The Morgan fingerprint density at radius 2 is 2.14 bits per heavy atom. The molecular weight excluding hydrogens is 383 g/mol. The number of rotatable bonds is 6. The number of aliphatic hydroxyl groups is 1. The van der Waals surface area contributed by atoms with Gasteiger partial charge < -0.3 is 20.5 Å². The molecule has 1 aromatic heterocycles. The number of aromatic nitrogens is 2. The molecule has 1 aliphatic rings. The first-order valence-corrected chi connectivity index (χ1v) is 9.15. The predicted molar refractivity (Wildman–Crippen MR) is 106 cm³/mol. The van der Waals surface area contributed by atoms with Crippen molar-refractivity contribution < 1.29 is 14.2 Å². The van der Waals surface area contributed by atoms with E-state index in [1.807, 2.05) is 6.07 Å². The van der Waals surface area contributed by atoms with Gasteiger partial charge in [-0.15, -0.1) is 0 Å². The highest BCUT2D eigenvalue weighted by atomic mass is 35.5. The number of ether oxygens (including phenoxy) is 1. The molecule has 6 nitrogen and oxygen atoms in total. The molecule has 0 amide bonds. The van der Waals surface area contributed by atoms with Crippen LogP contribution in [0.15, 0.2) is 48.8 Å². The van der Waals surface area contributed by atoms with Crippen LogP contribution in [0.5, 0.6) is 5.75 Å². The average molecular weight is 401 g/mol. The van der Waals surface area contributed by atoms with Crippen molar-refractivity contribution in [3.05, 3.63) is 70.9 Å². The monoisotopic (exact) mass is 400 g/mol. The summed E-state index contributed by atoms with van der Waals surface area (Å²) >= 11 is 6.34. The fourth-order valence-corrected chi connectivity index (χ4v) is 3.28. The lowest BCUT2D eigenvalue weighted by atomic mass is 10.2. The van der Waals surface area contributed by atoms with Crippen LogP contribution in [-0.2, 0) is 13.0 Å². The number of hydrogen-bond donors (Lipinski definition) is 3. The van der Waals surface area contributed by atoms with Gasteiger partial charge in [0.1, 0.15) is 24.5 Å². The molecule has 2 heterocycles. The summed E-state index contributed by atoms with van der Waals surface area (Å²) in [5.41, 5.74) is 3.10. The molecule has 0 spiro atoms. The Balaban J connectivity index is 1.46. The van der Waals surface area contributed by atoms with Gasteiger partial charge >= 0.3 is 0 Å². The van der Waals surface area contributed by atoms with Gasteiger partial charge in [0.15, 0.2) is 5.82 Å². The number of nitrogens with zero attached hydrogens (tertiary/aromatic N) is 2. The van der Waals surface area contributed by atoms with Gasteiger partial charge in [-0.05, 0) is 35.9 Å². The lowest BCUT2D eigenvalue weighted by molar-refractivity contribution is 0.276. The van der Waals surface area contributed by atoms with E-state index in [1.165, 1.54) is 18.5 Å². The zero-order valence-electron chi connectivity index (χ0n) is 14.8. The Labute approximate surface area is 166 Å². The number of hydrogen-bond acceptors (Lipinski definition) is 6. The van der Waals surface area contributed by atoms with Crippen molar-refractivity contribution in [1.82, 2.24) is 9.97 Å². The van der Waals surface area contributed by atoms with Crippen LogP contribution in [0.2, 0.25) is 5.02 Å². The second kappa shape index (κ2) is 8.00. The zero-order valence-corrected chi connectivity index (χ0v) is 15.6. The highest BCUT2D eigenvalue weighted by Crippen LogP contribution is 2.34. The summed E-state index contributed by atoms with van der Waals surface area (Å²) in [5, 5.41) is 16.2. The molecule has 144 valence electrons. The first kappa shape index (κ1) is 18.5. The number of aliphatic hydroxyl groups excluding tert-OH is 1. The van der Waals surface area contributed by atoms with Crippen molar-refractivity contribution in [2.45, 2.75) is 19.1 Å². The zero-order chi connectivity index (χ0) is 19.5. The minimum Gasteiger partial charge on any atom is -0.487 e. The standard InChI is InChI=1S/C20H18ClFN4O2/c21-16-7-14(4-5-18(16)28-10-12-2-1-3-13(22)6-12)26-20-19-17(23-11-24-20)8-15(9-27)25-19/h1-7,11,15,25,27H,8-10H2,(H,23,24,26). The smallest absolute Gasteiger partial charge is 0.157 e. The fourth-order valence-electron chi connectivity index (χ4n) is 3.04. The Morgan fingerprint density at radius 3 is 2.93 bits per heavy atom. The minimum atomic E-state index is -0.304. The molecule has 0 radical (unpaired) electrons. The third-order valence-corrected chi connectivity index (χ3v) is 4.71. The predicted octanol–water partition coefficient (Wildman–Crippen LogP) is 3.92. The van der Waals surface area contributed by atoms with Crippen LogP contribution < -0.4 is 15.4 Å². The van der Waals surface area contributed by atoms with E-state index in [4.69, 9.17) is 16.3 Å². The van der Waals surface area contributed by atoms with Crippen molar-refractivity contribution >= 4 is 28.8 Å². The fraction of sp³-hybridized carbons (Fsp3) is 0.200. The normalized spacial score (nSPS) is 15.0. The molecule has 0 saturated carbocycles. The molecule has 1 atom stereocenters. The summed E-state index contributed by atoms with van der Waals surface area (Å²) in [4.78, 5) is 8.53. The summed E-state index contributed by atoms with van der Waals surface area (Å²) in [7, 11) is 0. The molecule has 0 bridgehead atoms. The number of anilines is 3. The Hall–Kier alpha value is -2.90. The molecule has 28 heavy (non-hydrogen) atoms. The maximum Gasteiger partial charge on any atom is 0.157 e. The SMILES string of the molecule is OCC1Cc2ncnc(Nc3ccc(OCc4cccc(F)c4)c(Cl)c3)c2N1. The van der Waals surface area contributed by atoms with Gasteiger partial charge in [-0.2, -0.15) is 0 Å². The number of nitrogens with one attached hydrogen (secondary N) is 2. The van der Waals surface area contributed by atoms with Crippen LogP contribution in [0.3, 0.4) is 0 Å². The van der Waals surface area contributed by atoms with Crippen LogP contribution in [0, 0.1) is 5.82 Å². The van der Waals surface area contributed by atoms with Crippen LogP contribution in [0.25, 0.3) is 0 Å². The first-order chi connectivity index (χ1) is 13.6. The van der Waals surface area contributed by atoms with Gasteiger partial charge in [0.2, 0.25) is 0 Å². The Morgan fingerprint density at radius 1 is 1.25 bits per heavy atom. The van der Waals surface area contributed by atoms with E-state index >= 15 is 0 Å². The molecule has 3 aromatic rings. The van der Waals surface area contributed by atoms with Crippen LogP contribution in [0.1, 0.15) is 11.3 Å². The van der Waals surface area contributed by atoms with E-state index in [1.54, 1.807) is 24.3 Å². The first-order valence-electron chi connectivity index (χ1n) is 8.77. The van der Waals surface area contributed by atoms with E-state index in [0.717, 1.165) is 22.6 Å². The molecular formula is C20H18ClFN4O2. The average Bonchev–Trinajstić information content (AvgIpc) is 3.12. The van der Waals surface area contributed by atoms with Gasteiger partial charge in [-0.3, -0.25) is 0 Å². The summed E-state index contributed by atoms with van der Waals surface area (Å²) in [6.07, 6.45) is 2.14. The van der Waals surface area contributed by atoms with Gasteiger partial charge in [-0.25, -0.2) is 14.4 Å². The van der Waals surface area contributed by atoms with Gasteiger partial charge in [0, 0.05) is 12.1 Å². The highest BCUT2D eigenvalue weighted by molar-refractivity contribution is 6.32. The van der Waals surface area contributed by atoms with Crippen molar-refractivity contribution in [2.24, 2.45) is 0 Å². The summed E-state index contributed by atoms with van der Waals surface area (Å²) in [5.74, 6) is 0.814. The number of benzene rings is 2. The lowest BCUT2D eigenvalue weighted by Crippen LogP contribution is -2.19. The van der Waals surface area contributed by atoms with E-state index in [-0.39, 0.29) is 25.1 Å². The largest absolute Gasteiger partial charge is 0.487 e. The van der Waals surface area contributed by atoms with Gasteiger partial charge in [0.05, 0.1) is 29.1 Å². The Bertz CT molecular complexity index is 1000. The third kappa shape index (κ3) is 4.00. The minimum absolute atomic E-state index is 0.0268. The van der Waals surface area contributed by atoms with Crippen molar-refractivity contribution in [3.8, 4) is 5.75 Å². The van der Waals surface area contributed by atoms with Crippen LogP contribution >= 0.6 is 11.6 Å². The molecule has 2 aromatic carbocycles. The van der Waals surface area contributed by atoms with E-state index in [0.29, 0.717) is 23.0 Å². The molecule has 0 aliphatic carbocycles. The van der Waals surface area contributed by atoms with Crippen molar-refractivity contribution in [1.29, 1.82) is 0 Å². The third-order valence-electron chi connectivity index (χ3n) is 4.41. The molecule has 0 saturated heterocycles. The lowest BCUT2D eigenvalue weighted by Gasteiger charge is -2.13. The summed E-state index contributed by atoms with van der Waals surface area (Å²) < 4.78 is 18.9.